The number of H-pyrrole nitrogens is 1. The number of aromatic amines is 1. The Hall–Kier alpha value is -3.20. The molecule has 152 valence electrons. The van der Waals surface area contributed by atoms with Gasteiger partial charge in [0.15, 0.2) is 5.69 Å². The maximum atomic E-state index is 13.1. The van der Waals surface area contributed by atoms with Gasteiger partial charge in [0.1, 0.15) is 11.6 Å². The molecule has 0 spiro atoms. The molecule has 0 saturated carbocycles. The molecule has 3 aromatic rings. The normalized spacial score (nSPS) is 10.9. The van der Waals surface area contributed by atoms with E-state index in [2.05, 4.69) is 4.98 Å². The molecule has 0 radical (unpaired) electrons. The number of nitrogen functional groups attached to an aromatic ring is 1. The average Bonchev–Trinajstić information content (AvgIpc) is 3.17. The van der Waals surface area contributed by atoms with Gasteiger partial charge in [0.2, 0.25) is 0 Å². The zero-order chi connectivity index (χ0) is 21.1. The number of amides is 1. The van der Waals surface area contributed by atoms with Crippen molar-refractivity contribution < 1.29 is 9.18 Å². The number of nitrogens with two attached hydrogens (primary N) is 1. The Kier molecular flexibility index (Phi) is 5.97. The Morgan fingerprint density at radius 2 is 1.90 bits per heavy atom. The number of carbonyl (C=O) groups is 1. The van der Waals surface area contributed by atoms with Gasteiger partial charge in [-0.15, -0.1) is 11.3 Å². The van der Waals surface area contributed by atoms with Gasteiger partial charge in [-0.05, 0) is 36.2 Å². The highest BCUT2D eigenvalue weighted by Gasteiger charge is 2.23. The minimum absolute atomic E-state index is 0.0432. The molecule has 0 atom stereocenters. The predicted octanol–water partition coefficient (Wildman–Crippen LogP) is 3.06. The van der Waals surface area contributed by atoms with Crippen LogP contribution in [-0.2, 0) is 6.54 Å². The van der Waals surface area contributed by atoms with Crippen molar-refractivity contribution in [3.63, 3.8) is 0 Å². The van der Waals surface area contributed by atoms with E-state index in [1.54, 1.807) is 24.3 Å². The van der Waals surface area contributed by atoms with Crippen molar-refractivity contribution in [2.45, 2.75) is 26.3 Å². The van der Waals surface area contributed by atoms with Gasteiger partial charge in [0.05, 0.1) is 4.88 Å². The molecule has 0 aliphatic carbocycles. The molecule has 0 aliphatic heterocycles. The van der Waals surface area contributed by atoms with Gasteiger partial charge in [-0.25, -0.2) is 9.18 Å². The standard InChI is InChI=1S/C20H21FN4O3S/c1-3-4-11-25-17(22)16(18(26)23-20(25)28)24(2)19(27)15-10-9-14(29-15)12-5-7-13(21)8-6-12/h5-10H,3-4,11,22H2,1-2H3,(H,23,26,28). The van der Waals surface area contributed by atoms with Crippen LogP contribution in [0.2, 0.25) is 0 Å². The van der Waals surface area contributed by atoms with Gasteiger partial charge in [-0.2, -0.15) is 0 Å². The lowest BCUT2D eigenvalue weighted by Crippen LogP contribution is -2.39. The Bertz CT molecular complexity index is 1150. The van der Waals surface area contributed by atoms with E-state index < -0.39 is 17.2 Å². The second-order valence-corrected chi connectivity index (χ2v) is 7.62. The number of hydrogen-bond donors (Lipinski definition) is 2. The third-order valence-corrected chi connectivity index (χ3v) is 5.66. The highest BCUT2D eigenvalue weighted by Crippen LogP contribution is 2.30. The number of nitrogens with zero attached hydrogens (tertiary/aromatic N) is 2. The highest BCUT2D eigenvalue weighted by molar-refractivity contribution is 7.17. The highest BCUT2D eigenvalue weighted by atomic mass is 32.1. The molecule has 0 aliphatic rings. The summed E-state index contributed by atoms with van der Waals surface area (Å²) in [6, 6.07) is 9.36. The molecule has 9 heteroatoms. The van der Waals surface area contributed by atoms with Gasteiger partial charge in [0.25, 0.3) is 11.5 Å². The zero-order valence-corrected chi connectivity index (χ0v) is 16.9. The number of unbranched alkanes of at least 4 members (excludes halogenated alkanes) is 1. The summed E-state index contributed by atoms with van der Waals surface area (Å²) in [6.45, 7) is 2.32. The smallest absolute Gasteiger partial charge is 0.330 e. The molecule has 0 bridgehead atoms. The number of thiophene rings is 1. The summed E-state index contributed by atoms with van der Waals surface area (Å²) in [5, 5.41) is 0. The number of benzene rings is 1. The van der Waals surface area contributed by atoms with Crippen LogP contribution in [0, 0.1) is 5.82 Å². The van der Waals surface area contributed by atoms with E-state index in [0.29, 0.717) is 17.8 Å². The summed E-state index contributed by atoms with van der Waals surface area (Å²) < 4.78 is 14.4. The average molecular weight is 416 g/mol. The van der Waals surface area contributed by atoms with Crippen molar-refractivity contribution in [1.82, 2.24) is 9.55 Å². The lowest BCUT2D eigenvalue weighted by atomic mass is 10.2. The molecule has 7 nitrogen and oxygen atoms in total. The lowest BCUT2D eigenvalue weighted by Gasteiger charge is -2.19. The largest absolute Gasteiger partial charge is 0.383 e. The van der Waals surface area contributed by atoms with E-state index in [9.17, 15) is 18.8 Å². The maximum Gasteiger partial charge on any atom is 0.330 e. The first kappa shape index (κ1) is 20.5. The number of aromatic nitrogens is 2. The van der Waals surface area contributed by atoms with Gasteiger partial charge in [-0.3, -0.25) is 19.1 Å². The number of hydrogen-bond acceptors (Lipinski definition) is 5. The Morgan fingerprint density at radius 3 is 2.55 bits per heavy atom. The summed E-state index contributed by atoms with van der Waals surface area (Å²) in [5.74, 6) is -0.811. The molecule has 3 N–H and O–H groups in total. The molecule has 0 saturated heterocycles. The first-order valence-electron chi connectivity index (χ1n) is 9.10. The molecule has 1 amide bonds. The third-order valence-electron chi connectivity index (χ3n) is 4.53. The van der Waals surface area contributed by atoms with Crippen LogP contribution in [0.15, 0.2) is 46.0 Å². The Balaban J connectivity index is 1.94. The van der Waals surface area contributed by atoms with E-state index in [1.165, 1.54) is 35.1 Å². The third kappa shape index (κ3) is 4.14. The molecule has 0 fully saturated rings. The summed E-state index contributed by atoms with van der Waals surface area (Å²) in [7, 11) is 1.44. The van der Waals surface area contributed by atoms with Crippen LogP contribution >= 0.6 is 11.3 Å². The van der Waals surface area contributed by atoms with Crippen LogP contribution in [0.1, 0.15) is 29.4 Å². The van der Waals surface area contributed by atoms with Crippen molar-refractivity contribution in [2.75, 3.05) is 17.7 Å². The van der Waals surface area contributed by atoms with E-state index in [1.807, 2.05) is 6.92 Å². The Labute approximate surface area is 170 Å². The summed E-state index contributed by atoms with van der Waals surface area (Å²) in [4.78, 5) is 41.9. The summed E-state index contributed by atoms with van der Waals surface area (Å²) in [6.07, 6.45) is 1.55. The number of anilines is 2. The number of rotatable bonds is 6. The molecular formula is C20H21FN4O3S. The number of nitrogens with one attached hydrogen (secondary N) is 1. The van der Waals surface area contributed by atoms with Crippen LogP contribution in [0.5, 0.6) is 0 Å². The number of halogens is 1. The van der Waals surface area contributed by atoms with Crippen LogP contribution < -0.4 is 21.9 Å². The van der Waals surface area contributed by atoms with Crippen LogP contribution in [0.25, 0.3) is 10.4 Å². The van der Waals surface area contributed by atoms with E-state index >= 15 is 0 Å². The lowest BCUT2D eigenvalue weighted by molar-refractivity contribution is 0.0996. The van der Waals surface area contributed by atoms with E-state index in [-0.39, 0.29) is 17.3 Å². The van der Waals surface area contributed by atoms with Crippen molar-refractivity contribution in [3.8, 4) is 10.4 Å². The van der Waals surface area contributed by atoms with Crippen molar-refractivity contribution in [2.24, 2.45) is 0 Å². The fourth-order valence-corrected chi connectivity index (χ4v) is 3.92. The van der Waals surface area contributed by atoms with Gasteiger partial charge >= 0.3 is 5.69 Å². The topological polar surface area (TPSA) is 101 Å². The second-order valence-electron chi connectivity index (χ2n) is 6.53. The second kappa shape index (κ2) is 8.44. The first-order valence-corrected chi connectivity index (χ1v) is 9.91. The predicted molar refractivity (Wildman–Crippen MR) is 113 cm³/mol. The first-order chi connectivity index (χ1) is 13.8. The maximum absolute atomic E-state index is 13.1. The molecule has 29 heavy (non-hydrogen) atoms. The summed E-state index contributed by atoms with van der Waals surface area (Å²) in [5.41, 5.74) is 5.47. The summed E-state index contributed by atoms with van der Waals surface area (Å²) >= 11 is 1.22. The Morgan fingerprint density at radius 1 is 1.21 bits per heavy atom. The molecule has 2 aromatic heterocycles. The van der Waals surface area contributed by atoms with Crippen molar-refractivity contribution in [1.29, 1.82) is 0 Å². The molecule has 1 aromatic carbocycles. The number of carbonyl (C=O) groups excluding carboxylic acids is 1. The van der Waals surface area contributed by atoms with Crippen molar-refractivity contribution in [3.05, 3.63) is 67.9 Å². The minimum atomic E-state index is -0.716. The zero-order valence-electron chi connectivity index (χ0n) is 16.1. The fraction of sp³-hybridized carbons (Fsp3) is 0.250. The quantitative estimate of drug-likeness (QED) is 0.645. The van der Waals surface area contributed by atoms with Gasteiger partial charge in [0, 0.05) is 18.5 Å². The molecule has 2 heterocycles. The molecule has 3 rings (SSSR count). The fourth-order valence-electron chi connectivity index (χ4n) is 2.93. The van der Waals surface area contributed by atoms with Crippen LogP contribution in [0.4, 0.5) is 15.9 Å². The van der Waals surface area contributed by atoms with E-state index in [0.717, 1.165) is 21.8 Å². The molecule has 0 unspecified atom stereocenters. The van der Waals surface area contributed by atoms with Crippen LogP contribution in [0.3, 0.4) is 0 Å². The SMILES string of the molecule is CCCCn1c(N)c(N(C)C(=O)c2ccc(-c3ccc(F)cc3)s2)c(=O)[nH]c1=O. The minimum Gasteiger partial charge on any atom is -0.383 e. The van der Waals surface area contributed by atoms with E-state index in [4.69, 9.17) is 5.73 Å². The monoisotopic (exact) mass is 416 g/mol. The van der Waals surface area contributed by atoms with Gasteiger partial charge < -0.3 is 10.6 Å². The molecular weight excluding hydrogens is 395 g/mol. The van der Waals surface area contributed by atoms with Crippen molar-refractivity contribution >= 4 is 28.7 Å². The van der Waals surface area contributed by atoms with Crippen LogP contribution in [-0.4, -0.2) is 22.5 Å². The van der Waals surface area contributed by atoms with Gasteiger partial charge in [-0.1, -0.05) is 25.5 Å².